The summed E-state index contributed by atoms with van der Waals surface area (Å²) in [6.45, 7) is 4.00. The van der Waals surface area contributed by atoms with Crippen LogP contribution in [0.1, 0.15) is 31.7 Å². The van der Waals surface area contributed by atoms with Crippen molar-refractivity contribution in [2.24, 2.45) is 5.92 Å². The summed E-state index contributed by atoms with van der Waals surface area (Å²) < 4.78 is 14.5. The summed E-state index contributed by atoms with van der Waals surface area (Å²) in [4.78, 5) is 2.08. The zero-order valence-electron chi connectivity index (χ0n) is 10.4. The van der Waals surface area contributed by atoms with Crippen molar-refractivity contribution in [2.75, 3.05) is 18.0 Å². The molecule has 2 rings (SSSR count). The van der Waals surface area contributed by atoms with Crippen LogP contribution in [0, 0.1) is 23.1 Å². The molecule has 96 valence electrons. The van der Waals surface area contributed by atoms with Crippen LogP contribution in [-0.4, -0.2) is 13.1 Å². The first-order chi connectivity index (χ1) is 8.67. The van der Waals surface area contributed by atoms with E-state index in [0.717, 1.165) is 19.5 Å². The second-order valence-electron chi connectivity index (χ2n) is 4.76. The van der Waals surface area contributed by atoms with Gasteiger partial charge in [0.25, 0.3) is 0 Å². The molecule has 1 heterocycles. The fraction of sp³-hybridized carbons (Fsp3) is 0.500. The lowest BCUT2D eigenvalue weighted by Crippen LogP contribution is -2.21. The van der Waals surface area contributed by atoms with Crippen LogP contribution < -0.4 is 4.90 Å². The Kier molecular flexibility index (Phi) is 4.23. The van der Waals surface area contributed by atoms with Crippen LogP contribution in [0.3, 0.4) is 0 Å². The normalized spacial score (nSPS) is 19.0. The van der Waals surface area contributed by atoms with Crippen molar-refractivity contribution in [1.82, 2.24) is 0 Å². The second-order valence-corrected chi connectivity index (χ2v) is 5.55. The van der Waals surface area contributed by atoms with Crippen molar-refractivity contribution in [2.45, 2.75) is 26.2 Å². The molecular formula is C14H16BrFN2. The molecule has 0 N–H and O–H groups in total. The van der Waals surface area contributed by atoms with E-state index in [0.29, 0.717) is 17.2 Å². The molecule has 0 aliphatic carbocycles. The number of nitriles is 1. The van der Waals surface area contributed by atoms with E-state index in [2.05, 4.69) is 27.8 Å². The molecule has 18 heavy (non-hydrogen) atoms. The molecule has 1 aromatic rings. The lowest BCUT2D eigenvalue weighted by atomic mass is 10.0. The number of halogens is 2. The Morgan fingerprint density at radius 2 is 2.33 bits per heavy atom. The molecule has 1 unspecified atom stereocenters. The van der Waals surface area contributed by atoms with Crippen molar-refractivity contribution >= 4 is 21.6 Å². The fourth-order valence-electron chi connectivity index (χ4n) is 2.57. The van der Waals surface area contributed by atoms with Gasteiger partial charge in [-0.25, -0.2) is 4.39 Å². The molecule has 2 nitrogen and oxygen atoms in total. The molecule has 1 aromatic carbocycles. The third-order valence-corrected chi connectivity index (χ3v) is 4.28. The van der Waals surface area contributed by atoms with Crippen molar-refractivity contribution in [1.29, 1.82) is 5.26 Å². The number of benzene rings is 1. The highest BCUT2D eigenvalue weighted by molar-refractivity contribution is 9.10. The van der Waals surface area contributed by atoms with Gasteiger partial charge in [0.1, 0.15) is 6.07 Å². The van der Waals surface area contributed by atoms with E-state index in [4.69, 9.17) is 5.26 Å². The monoisotopic (exact) mass is 310 g/mol. The lowest BCUT2D eigenvalue weighted by molar-refractivity contribution is 0.528. The van der Waals surface area contributed by atoms with Crippen molar-refractivity contribution in [3.05, 3.63) is 28.0 Å². The predicted molar refractivity (Wildman–Crippen MR) is 74.0 cm³/mol. The maximum Gasteiger partial charge on any atom is 0.161 e. The number of rotatable bonds is 3. The average molecular weight is 311 g/mol. The third kappa shape index (κ3) is 2.51. The summed E-state index contributed by atoms with van der Waals surface area (Å²) in [5, 5.41) is 8.85. The van der Waals surface area contributed by atoms with Crippen LogP contribution in [0.25, 0.3) is 0 Å². The first-order valence-corrected chi connectivity index (χ1v) is 7.09. The van der Waals surface area contributed by atoms with Gasteiger partial charge in [-0.1, -0.05) is 13.3 Å². The molecule has 1 fully saturated rings. The van der Waals surface area contributed by atoms with Gasteiger partial charge in [-0.05, 0) is 46.8 Å². The minimum absolute atomic E-state index is 0.279. The Labute approximate surface area is 116 Å². The third-order valence-electron chi connectivity index (χ3n) is 3.51. The molecule has 1 aliphatic rings. The van der Waals surface area contributed by atoms with Crippen molar-refractivity contribution in [3.8, 4) is 6.07 Å². The molecule has 1 aliphatic heterocycles. The maximum atomic E-state index is 14.2. The van der Waals surface area contributed by atoms with E-state index < -0.39 is 0 Å². The van der Waals surface area contributed by atoms with Crippen molar-refractivity contribution in [3.63, 3.8) is 0 Å². The summed E-state index contributed by atoms with van der Waals surface area (Å²) in [5.41, 5.74) is 0.958. The van der Waals surface area contributed by atoms with Crippen LogP contribution >= 0.6 is 15.9 Å². The zero-order chi connectivity index (χ0) is 13.1. The Hall–Kier alpha value is -1.08. The number of anilines is 1. The summed E-state index contributed by atoms with van der Waals surface area (Å²) in [6.07, 6.45) is 3.51. The van der Waals surface area contributed by atoms with Crippen molar-refractivity contribution < 1.29 is 4.39 Å². The quantitative estimate of drug-likeness (QED) is 0.841. The van der Waals surface area contributed by atoms with Gasteiger partial charge in [-0.2, -0.15) is 5.26 Å². The standard InChI is InChI=1S/C14H16BrFN2/c1-2-3-10-6-7-18(9-10)12-5-4-11(8-17)13(15)14(12)16/h4-5,10H,2-3,6-7,9H2,1H3. The minimum atomic E-state index is -0.314. The molecule has 1 saturated heterocycles. The van der Waals surface area contributed by atoms with Crippen LogP contribution in [0.2, 0.25) is 0 Å². The second kappa shape index (κ2) is 5.71. The van der Waals surface area contributed by atoms with Gasteiger partial charge < -0.3 is 4.90 Å². The molecule has 0 bridgehead atoms. The summed E-state index contributed by atoms with van der Waals surface area (Å²) in [5.74, 6) is 0.356. The Morgan fingerprint density at radius 1 is 1.56 bits per heavy atom. The SMILES string of the molecule is CCCC1CCN(c2ccc(C#N)c(Br)c2F)C1. The Bertz CT molecular complexity index is 481. The van der Waals surface area contributed by atoms with E-state index >= 15 is 0 Å². The van der Waals surface area contributed by atoms with E-state index in [1.807, 2.05) is 6.07 Å². The van der Waals surface area contributed by atoms with Crippen LogP contribution in [0.15, 0.2) is 16.6 Å². The van der Waals surface area contributed by atoms with Gasteiger partial charge in [0.15, 0.2) is 5.82 Å². The highest BCUT2D eigenvalue weighted by Gasteiger charge is 2.25. The predicted octanol–water partition coefficient (Wildman–Crippen LogP) is 4.09. The largest absolute Gasteiger partial charge is 0.369 e. The van der Waals surface area contributed by atoms with Gasteiger partial charge in [0, 0.05) is 13.1 Å². The maximum absolute atomic E-state index is 14.2. The average Bonchev–Trinajstić information content (AvgIpc) is 2.81. The van der Waals surface area contributed by atoms with Gasteiger partial charge in [0.2, 0.25) is 0 Å². The van der Waals surface area contributed by atoms with Crippen LogP contribution in [0.5, 0.6) is 0 Å². The van der Waals surface area contributed by atoms with Gasteiger partial charge in [-0.15, -0.1) is 0 Å². The molecular weight excluding hydrogens is 295 g/mol. The summed E-state index contributed by atoms with van der Waals surface area (Å²) in [6, 6.07) is 5.37. The van der Waals surface area contributed by atoms with Crippen LogP contribution in [0.4, 0.5) is 10.1 Å². The molecule has 0 spiro atoms. The topological polar surface area (TPSA) is 27.0 Å². The van der Waals surface area contributed by atoms with Gasteiger partial charge in [-0.3, -0.25) is 0 Å². The first kappa shape index (κ1) is 13.4. The molecule has 0 radical (unpaired) electrons. The number of nitrogens with zero attached hydrogens (tertiary/aromatic N) is 2. The number of hydrogen-bond acceptors (Lipinski definition) is 2. The summed E-state index contributed by atoms with van der Waals surface area (Å²) in [7, 11) is 0. The van der Waals surface area contributed by atoms with Gasteiger partial charge in [0.05, 0.1) is 15.7 Å². The summed E-state index contributed by atoms with van der Waals surface area (Å²) >= 11 is 3.16. The Morgan fingerprint density at radius 3 is 3.00 bits per heavy atom. The van der Waals surface area contributed by atoms with Crippen LogP contribution in [-0.2, 0) is 0 Å². The Balaban J connectivity index is 2.21. The fourth-order valence-corrected chi connectivity index (χ4v) is 2.99. The minimum Gasteiger partial charge on any atom is -0.369 e. The smallest absolute Gasteiger partial charge is 0.161 e. The highest BCUT2D eigenvalue weighted by atomic mass is 79.9. The molecule has 0 saturated carbocycles. The molecule has 0 aromatic heterocycles. The first-order valence-electron chi connectivity index (χ1n) is 6.30. The van der Waals surface area contributed by atoms with E-state index in [1.165, 1.54) is 12.8 Å². The van der Waals surface area contributed by atoms with E-state index in [-0.39, 0.29) is 10.3 Å². The molecule has 0 amide bonds. The molecule has 1 atom stereocenters. The molecule has 4 heteroatoms. The van der Waals surface area contributed by atoms with E-state index in [9.17, 15) is 4.39 Å². The van der Waals surface area contributed by atoms with Gasteiger partial charge >= 0.3 is 0 Å². The zero-order valence-corrected chi connectivity index (χ0v) is 12.0. The highest BCUT2D eigenvalue weighted by Crippen LogP contribution is 2.33. The van der Waals surface area contributed by atoms with E-state index in [1.54, 1.807) is 12.1 Å². The lowest BCUT2D eigenvalue weighted by Gasteiger charge is -2.20. The number of hydrogen-bond donors (Lipinski definition) is 0.